The van der Waals surface area contributed by atoms with Crippen molar-refractivity contribution in [1.82, 2.24) is 5.32 Å². The molecule has 1 rings (SSSR count). The SMILES string of the molecule is CCOC(CCNC(C(=O)OC)c1ccccc1)OCC. The lowest BCUT2D eigenvalue weighted by Gasteiger charge is -2.20. The molecule has 0 saturated heterocycles. The zero-order chi connectivity index (χ0) is 15.5. The van der Waals surface area contributed by atoms with Crippen molar-refractivity contribution < 1.29 is 19.0 Å². The van der Waals surface area contributed by atoms with Crippen LogP contribution in [0.15, 0.2) is 30.3 Å². The topological polar surface area (TPSA) is 56.8 Å². The third kappa shape index (κ3) is 6.25. The van der Waals surface area contributed by atoms with Gasteiger partial charge in [0.05, 0.1) is 7.11 Å². The van der Waals surface area contributed by atoms with Crippen molar-refractivity contribution >= 4 is 5.97 Å². The van der Waals surface area contributed by atoms with E-state index in [0.717, 1.165) is 5.56 Å². The van der Waals surface area contributed by atoms with Crippen LogP contribution in [0.4, 0.5) is 0 Å². The quantitative estimate of drug-likeness (QED) is 0.530. The summed E-state index contributed by atoms with van der Waals surface area (Å²) in [6, 6.07) is 9.04. The van der Waals surface area contributed by atoms with Gasteiger partial charge in [-0.1, -0.05) is 30.3 Å². The highest BCUT2D eigenvalue weighted by atomic mass is 16.7. The molecule has 0 aliphatic rings. The summed E-state index contributed by atoms with van der Waals surface area (Å²) in [5.74, 6) is -0.300. The zero-order valence-electron chi connectivity index (χ0n) is 13.0. The number of carbonyl (C=O) groups is 1. The number of ether oxygens (including phenoxy) is 3. The molecule has 0 spiro atoms. The van der Waals surface area contributed by atoms with Gasteiger partial charge in [0, 0.05) is 26.2 Å². The Morgan fingerprint density at radius 3 is 2.29 bits per heavy atom. The van der Waals surface area contributed by atoms with E-state index in [2.05, 4.69) is 5.32 Å². The average molecular weight is 295 g/mol. The second-order valence-corrected chi connectivity index (χ2v) is 4.45. The highest BCUT2D eigenvalue weighted by molar-refractivity contribution is 5.77. The lowest BCUT2D eigenvalue weighted by Crippen LogP contribution is -2.32. The van der Waals surface area contributed by atoms with E-state index in [1.807, 2.05) is 44.2 Å². The number of carbonyl (C=O) groups excluding carboxylic acids is 1. The van der Waals surface area contributed by atoms with E-state index in [9.17, 15) is 4.79 Å². The molecule has 0 radical (unpaired) electrons. The molecule has 0 amide bonds. The van der Waals surface area contributed by atoms with Gasteiger partial charge in [0.15, 0.2) is 6.29 Å². The Kier molecular flexibility index (Phi) is 8.66. The Morgan fingerprint density at radius 1 is 1.14 bits per heavy atom. The maximum atomic E-state index is 11.9. The van der Waals surface area contributed by atoms with Crippen LogP contribution in [0.5, 0.6) is 0 Å². The Balaban J connectivity index is 2.56. The normalized spacial score (nSPS) is 12.4. The number of hydrogen-bond donors (Lipinski definition) is 1. The minimum absolute atomic E-state index is 0.249. The molecular formula is C16H25NO4. The van der Waals surface area contributed by atoms with Crippen LogP contribution in [0.3, 0.4) is 0 Å². The molecule has 1 aromatic rings. The Morgan fingerprint density at radius 2 is 1.76 bits per heavy atom. The number of hydrogen-bond acceptors (Lipinski definition) is 5. The molecule has 118 valence electrons. The summed E-state index contributed by atoms with van der Waals surface area (Å²) < 4.78 is 15.8. The summed E-state index contributed by atoms with van der Waals surface area (Å²) in [5, 5.41) is 3.20. The molecule has 0 fully saturated rings. The fourth-order valence-corrected chi connectivity index (χ4v) is 2.03. The van der Waals surface area contributed by atoms with Crippen LogP contribution in [0, 0.1) is 0 Å². The van der Waals surface area contributed by atoms with E-state index < -0.39 is 6.04 Å². The Labute approximate surface area is 126 Å². The van der Waals surface area contributed by atoms with Gasteiger partial charge >= 0.3 is 5.97 Å². The predicted octanol–water partition coefficient (Wildman–Crippen LogP) is 2.28. The molecule has 1 unspecified atom stereocenters. The molecule has 1 N–H and O–H groups in total. The highest BCUT2D eigenvalue weighted by Gasteiger charge is 2.21. The van der Waals surface area contributed by atoms with Crippen molar-refractivity contribution in [3.05, 3.63) is 35.9 Å². The van der Waals surface area contributed by atoms with Gasteiger partial charge in [0.1, 0.15) is 6.04 Å². The van der Waals surface area contributed by atoms with Gasteiger partial charge in [-0.2, -0.15) is 0 Å². The van der Waals surface area contributed by atoms with Gasteiger partial charge in [0.25, 0.3) is 0 Å². The maximum absolute atomic E-state index is 11.9. The van der Waals surface area contributed by atoms with Crippen LogP contribution < -0.4 is 5.32 Å². The van der Waals surface area contributed by atoms with Crippen LogP contribution in [0.25, 0.3) is 0 Å². The summed E-state index contributed by atoms with van der Waals surface area (Å²) in [7, 11) is 1.39. The summed E-state index contributed by atoms with van der Waals surface area (Å²) >= 11 is 0. The largest absolute Gasteiger partial charge is 0.468 e. The van der Waals surface area contributed by atoms with Gasteiger partial charge < -0.3 is 19.5 Å². The average Bonchev–Trinajstić information content (AvgIpc) is 2.52. The monoisotopic (exact) mass is 295 g/mol. The molecule has 5 nitrogen and oxygen atoms in total. The third-order valence-corrected chi connectivity index (χ3v) is 3.00. The first kappa shape index (κ1) is 17.6. The van der Waals surface area contributed by atoms with E-state index >= 15 is 0 Å². The number of nitrogens with one attached hydrogen (secondary N) is 1. The number of esters is 1. The van der Waals surface area contributed by atoms with Crippen LogP contribution in [0.2, 0.25) is 0 Å². The first-order valence-corrected chi connectivity index (χ1v) is 7.32. The van der Waals surface area contributed by atoms with Crippen molar-refractivity contribution in [2.45, 2.75) is 32.6 Å². The number of rotatable bonds is 10. The molecule has 0 aliphatic heterocycles. The van der Waals surface area contributed by atoms with Gasteiger partial charge in [-0.05, 0) is 19.4 Å². The van der Waals surface area contributed by atoms with E-state index in [4.69, 9.17) is 14.2 Å². The fraction of sp³-hybridized carbons (Fsp3) is 0.562. The molecule has 0 aliphatic carbocycles. The molecular weight excluding hydrogens is 270 g/mol. The lowest BCUT2D eigenvalue weighted by molar-refractivity contribution is -0.145. The van der Waals surface area contributed by atoms with E-state index in [1.165, 1.54) is 7.11 Å². The van der Waals surface area contributed by atoms with E-state index in [0.29, 0.717) is 26.2 Å². The van der Waals surface area contributed by atoms with E-state index in [-0.39, 0.29) is 12.3 Å². The third-order valence-electron chi connectivity index (χ3n) is 3.00. The number of methoxy groups -OCH3 is 1. The van der Waals surface area contributed by atoms with Gasteiger partial charge in [-0.3, -0.25) is 0 Å². The first-order valence-electron chi connectivity index (χ1n) is 7.32. The van der Waals surface area contributed by atoms with Gasteiger partial charge in [-0.15, -0.1) is 0 Å². The standard InChI is InChI=1S/C16H25NO4/c1-4-20-14(21-5-2)11-12-17-15(16(18)19-3)13-9-7-6-8-10-13/h6-10,14-15,17H,4-5,11-12H2,1-3H3. The molecule has 0 aromatic heterocycles. The lowest BCUT2D eigenvalue weighted by atomic mass is 10.1. The van der Waals surface area contributed by atoms with Crippen molar-refractivity contribution in [1.29, 1.82) is 0 Å². The fourth-order valence-electron chi connectivity index (χ4n) is 2.03. The molecule has 5 heteroatoms. The van der Waals surface area contributed by atoms with Gasteiger partial charge in [0.2, 0.25) is 0 Å². The highest BCUT2D eigenvalue weighted by Crippen LogP contribution is 2.14. The van der Waals surface area contributed by atoms with Crippen molar-refractivity contribution in [3.8, 4) is 0 Å². The smallest absolute Gasteiger partial charge is 0.327 e. The van der Waals surface area contributed by atoms with Gasteiger partial charge in [-0.25, -0.2) is 4.79 Å². The van der Waals surface area contributed by atoms with Crippen LogP contribution >= 0.6 is 0 Å². The van der Waals surface area contributed by atoms with Crippen LogP contribution in [0.1, 0.15) is 31.9 Å². The van der Waals surface area contributed by atoms with Crippen LogP contribution in [-0.4, -0.2) is 39.1 Å². The molecule has 21 heavy (non-hydrogen) atoms. The summed E-state index contributed by atoms with van der Waals surface area (Å²) in [5.41, 5.74) is 0.883. The maximum Gasteiger partial charge on any atom is 0.327 e. The predicted molar refractivity (Wildman–Crippen MR) is 80.9 cm³/mol. The van der Waals surface area contributed by atoms with Crippen molar-refractivity contribution in [3.63, 3.8) is 0 Å². The molecule has 1 aromatic carbocycles. The van der Waals surface area contributed by atoms with Crippen molar-refractivity contribution in [2.24, 2.45) is 0 Å². The second-order valence-electron chi connectivity index (χ2n) is 4.45. The van der Waals surface area contributed by atoms with E-state index in [1.54, 1.807) is 0 Å². The zero-order valence-corrected chi connectivity index (χ0v) is 13.0. The van der Waals surface area contributed by atoms with Crippen molar-refractivity contribution in [2.75, 3.05) is 26.9 Å². The Hall–Kier alpha value is -1.43. The number of benzene rings is 1. The molecule has 0 saturated carbocycles. The van der Waals surface area contributed by atoms with Crippen LogP contribution in [-0.2, 0) is 19.0 Å². The summed E-state index contributed by atoms with van der Waals surface area (Å²) in [4.78, 5) is 11.9. The Bertz CT molecular complexity index is 391. The first-order chi connectivity index (χ1) is 10.2. The summed E-state index contributed by atoms with van der Waals surface area (Å²) in [6.45, 7) is 5.66. The molecule has 0 bridgehead atoms. The summed E-state index contributed by atoms with van der Waals surface area (Å²) in [6.07, 6.45) is 0.420. The minimum atomic E-state index is -0.472. The minimum Gasteiger partial charge on any atom is -0.468 e. The molecule has 0 heterocycles. The second kappa shape index (κ2) is 10.3. The molecule has 1 atom stereocenters.